The van der Waals surface area contributed by atoms with Gasteiger partial charge >= 0.3 is 11.9 Å². The van der Waals surface area contributed by atoms with Crippen molar-refractivity contribution in [3.8, 4) is 11.1 Å². The number of carbonyl (C=O) groups is 2. The minimum Gasteiger partial charge on any atom is -0.386 e. The van der Waals surface area contributed by atoms with Crippen LogP contribution in [0.2, 0.25) is 0 Å². The fourth-order valence-electron chi connectivity index (χ4n) is 2.88. The molecule has 1 heterocycles. The number of hydrogen-bond donors (Lipinski definition) is 0. The maximum Gasteiger partial charge on any atom is 0.347 e. The molecule has 0 aromatic heterocycles. The van der Waals surface area contributed by atoms with Gasteiger partial charge in [0.15, 0.2) is 0 Å². The maximum atomic E-state index is 12.2. The van der Waals surface area contributed by atoms with E-state index in [1.165, 1.54) is 0 Å². The first-order chi connectivity index (χ1) is 11.0. The molecule has 112 valence electrons. The second kappa shape index (κ2) is 5.28. The summed E-state index contributed by atoms with van der Waals surface area (Å²) in [6, 6.07) is 15.1. The van der Waals surface area contributed by atoms with Crippen molar-refractivity contribution in [3.63, 3.8) is 0 Å². The highest BCUT2D eigenvalue weighted by atomic mass is 79.9. The van der Waals surface area contributed by atoms with Crippen molar-refractivity contribution in [1.29, 1.82) is 0 Å². The van der Waals surface area contributed by atoms with Crippen LogP contribution in [0, 0.1) is 0 Å². The first-order valence-electron chi connectivity index (χ1n) is 6.83. The monoisotopic (exact) mass is 430 g/mol. The van der Waals surface area contributed by atoms with Crippen molar-refractivity contribution in [2.45, 2.75) is 0 Å². The maximum absolute atomic E-state index is 12.2. The molecular formula is C18H8Br2O3. The van der Waals surface area contributed by atoms with Crippen molar-refractivity contribution in [1.82, 2.24) is 0 Å². The Hall–Kier alpha value is -1.98. The van der Waals surface area contributed by atoms with E-state index in [1.807, 2.05) is 42.5 Å². The molecule has 0 aliphatic carbocycles. The molecule has 3 aromatic carbocycles. The van der Waals surface area contributed by atoms with E-state index in [4.69, 9.17) is 4.74 Å². The Labute approximate surface area is 148 Å². The topological polar surface area (TPSA) is 43.4 Å². The molecule has 23 heavy (non-hydrogen) atoms. The third-order valence-electron chi connectivity index (χ3n) is 3.82. The highest BCUT2D eigenvalue weighted by Crippen LogP contribution is 2.39. The van der Waals surface area contributed by atoms with Gasteiger partial charge in [-0.15, -0.1) is 0 Å². The van der Waals surface area contributed by atoms with Crippen LogP contribution in [0.15, 0.2) is 57.5 Å². The Morgan fingerprint density at radius 1 is 0.783 bits per heavy atom. The minimum absolute atomic E-state index is 0.315. The number of cyclic esters (lactones) is 2. The number of halogens is 2. The molecule has 5 heteroatoms. The van der Waals surface area contributed by atoms with Crippen molar-refractivity contribution in [2.24, 2.45) is 0 Å². The first kappa shape index (κ1) is 14.6. The van der Waals surface area contributed by atoms with Gasteiger partial charge in [-0.05, 0) is 46.7 Å². The second-order valence-electron chi connectivity index (χ2n) is 5.23. The smallest absolute Gasteiger partial charge is 0.347 e. The fourth-order valence-corrected chi connectivity index (χ4v) is 3.66. The molecular weight excluding hydrogens is 424 g/mol. The van der Waals surface area contributed by atoms with Crippen LogP contribution in [0.1, 0.15) is 20.7 Å². The van der Waals surface area contributed by atoms with Crippen molar-refractivity contribution >= 4 is 54.6 Å². The molecule has 0 unspecified atom stereocenters. The van der Waals surface area contributed by atoms with Gasteiger partial charge in [-0.1, -0.05) is 50.1 Å². The molecule has 1 aliphatic heterocycles. The summed E-state index contributed by atoms with van der Waals surface area (Å²) in [5.74, 6) is -1.19. The summed E-state index contributed by atoms with van der Waals surface area (Å²) in [6.45, 7) is 0. The van der Waals surface area contributed by atoms with Crippen molar-refractivity contribution < 1.29 is 14.3 Å². The average Bonchev–Trinajstić information content (AvgIpc) is 2.79. The SMILES string of the molecule is O=C1OC(=O)c2c1cc1cc(Br)ccc1c2-c1cccc(Br)c1. The highest BCUT2D eigenvalue weighted by molar-refractivity contribution is 9.10. The minimum atomic E-state index is -0.594. The van der Waals surface area contributed by atoms with Crippen molar-refractivity contribution in [2.75, 3.05) is 0 Å². The molecule has 4 rings (SSSR count). The molecule has 0 spiro atoms. The number of rotatable bonds is 1. The Morgan fingerprint density at radius 3 is 2.35 bits per heavy atom. The van der Waals surface area contributed by atoms with Crippen LogP contribution in [-0.2, 0) is 4.74 Å². The van der Waals surface area contributed by atoms with E-state index < -0.39 is 11.9 Å². The Bertz CT molecular complexity index is 1010. The first-order valence-corrected chi connectivity index (χ1v) is 8.42. The van der Waals surface area contributed by atoms with Crippen LogP contribution in [0.5, 0.6) is 0 Å². The summed E-state index contributed by atoms with van der Waals surface area (Å²) in [6.07, 6.45) is 0. The zero-order valence-electron chi connectivity index (χ0n) is 11.6. The van der Waals surface area contributed by atoms with Gasteiger partial charge < -0.3 is 4.74 Å². The Morgan fingerprint density at radius 2 is 1.57 bits per heavy atom. The predicted molar refractivity (Wildman–Crippen MR) is 94.5 cm³/mol. The number of fused-ring (bicyclic) bond motifs is 2. The summed E-state index contributed by atoms with van der Waals surface area (Å²) in [5, 5.41) is 1.77. The molecule has 0 N–H and O–H groups in total. The summed E-state index contributed by atoms with van der Waals surface area (Å²) in [5.41, 5.74) is 2.23. The van der Waals surface area contributed by atoms with Gasteiger partial charge in [0.05, 0.1) is 11.1 Å². The predicted octanol–water partition coefficient (Wildman–Crippen LogP) is 5.34. The van der Waals surface area contributed by atoms with E-state index in [9.17, 15) is 9.59 Å². The lowest BCUT2D eigenvalue weighted by Crippen LogP contribution is -1.99. The number of ether oxygens (including phenoxy) is 1. The molecule has 0 saturated heterocycles. The summed E-state index contributed by atoms with van der Waals surface area (Å²) < 4.78 is 6.63. The highest BCUT2D eigenvalue weighted by Gasteiger charge is 2.34. The van der Waals surface area contributed by atoms with E-state index in [0.29, 0.717) is 11.1 Å². The lowest BCUT2D eigenvalue weighted by atomic mass is 9.90. The lowest BCUT2D eigenvalue weighted by molar-refractivity contribution is 0.0444. The van der Waals surface area contributed by atoms with Crippen LogP contribution >= 0.6 is 31.9 Å². The summed E-state index contributed by atoms with van der Waals surface area (Å²) >= 11 is 6.89. The molecule has 3 aromatic rings. The van der Waals surface area contributed by atoms with Crippen LogP contribution in [0.25, 0.3) is 21.9 Å². The Balaban J connectivity index is 2.18. The number of carbonyl (C=O) groups excluding carboxylic acids is 2. The second-order valence-corrected chi connectivity index (χ2v) is 7.06. The lowest BCUT2D eigenvalue weighted by Gasteiger charge is -2.11. The van der Waals surface area contributed by atoms with Crippen LogP contribution < -0.4 is 0 Å². The zero-order valence-corrected chi connectivity index (χ0v) is 14.8. The zero-order chi connectivity index (χ0) is 16.1. The van der Waals surface area contributed by atoms with Crippen LogP contribution in [-0.4, -0.2) is 11.9 Å². The molecule has 1 aliphatic rings. The molecule has 0 bridgehead atoms. The number of esters is 2. The van der Waals surface area contributed by atoms with Crippen LogP contribution in [0.3, 0.4) is 0 Å². The largest absolute Gasteiger partial charge is 0.386 e. The van der Waals surface area contributed by atoms with Gasteiger partial charge in [0, 0.05) is 14.5 Å². The fraction of sp³-hybridized carbons (Fsp3) is 0. The normalized spacial score (nSPS) is 13.3. The van der Waals surface area contributed by atoms with Crippen molar-refractivity contribution in [3.05, 3.63) is 68.6 Å². The Kier molecular flexibility index (Phi) is 3.36. The standard InChI is InChI=1S/C18H8Br2O3/c19-11-3-1-2-9(6-11)15-13-5-4-12(20)7-10(13)8-14-16(15)18(22)23-17(14)21/h1-8H. The van der Waals surface area contributed by atoms with Gasteiger partial charge in [0.25, 0.3) is 0 Å². The molecule has 3 nitrogen and oxygen atoms in total. The third-order valence-corrected chi connectivity index (χ3v) is 4.81. The summed E-state index contributed by atoms with van der Waals surface area (Å²) in [7, 11) is 0. The number of hydrogen-bond acceptors (Lipinski definition) is 3. The van der Waals surface area contributed by atoms with E-state index in [1.54, 1.807) is 6.07 Å². The van der Waals surface area contributed by atoms with Gasteiger partial charge in [0.1, 0.15) is 0 Å². The molecule has 0 amide bonds. The van der Waals surface area contributed by atoms with E-state index in [-0.39, 0.29) is 0 Å². The van der Waals surface area contributed by atoms with E-state index in [2.05, 4.69) is 31.9 Å². The molecule has 0 fully saturated rings. The molecule has 0 saturated carbocycles. The van der Waals surface area contributed by atoms with Gasteiger partial charge in [0.2, 0.25) is 0 Å². The average molecular weight is 432 g/mol. The number of benzene rings is 3. The molecule has 0 radical (unpaired) electrons. The van der Waals surface area contributed by atoms with Crippen LogP contribution in [0.4, 0.5) is 0 Å². The van der Waals surface area contributed by atoms with E-state index in [0.717, 1.165) is 30.8 Å². The van der Waals surface area contributed by atoms with Gasteiger partial charge in [-0.25, -0.2) is 9.59 Å². The third kappa shape index (κ3) is 2.31. The van der Waals surface area contributed by atoms with E-state index >= 15 is 0 Å². The van der Waals surface area contributed by atoms with Gasteiger partial charge in [-0.2, -0.15) is 0 Å². The quantitative estimate of drug-likeness (QED) is 0.385. The van der Waals surface area contributed by atoms with Gasteiger partial charge in [-0.3, -0.25) is 0 Å². The summed E-state index contributed by atoms with van der Waals surface area (Å²) in [4.78, 5) is 24.2. The molecule has 0 atom stereocenters.